The van der Waals surface area contributed by atoms with Crippen LogP contribution in [-0.2, 0) is 16.0 Å². The topological polar surface area (TPSA) is 87.3 Å². The molecule has 3 unspecified atom stereocenters. The van der Waals surface area contributed by atoms with E-state index in [1.165, 1.54) is 0 Å². The Bertz CT molecular complexity index is 647. The number of carbonyl (C=O) groups excluding carboxylic acids is 3. The van der Waals surface area contributed by atoms with Crippen molar-refractivity contribution >= 4 is 30.1 Å². The molecule has 6 nitrogen and oxygen atoms in total. The van der Waals surface area contributed by atoms with Gasteiger partial charge in [0.25, 0.3) is 5.91 Å². The lowest BCUT2D eigenvalue weighted by atomic mass is 9.94. The first-order chi connectivity index (χ1) is 11.5. The summed E-state index contributed by atoms with van der Waals surface area (Å²) in [6.45, 7) is 3.96. The quantitative estimate of drug-likeness (QED) is 0.696. The zero-order valence-corrected chi connectivity index (χ0v) is 15.0. The van der Waals surface area contributed by atoms with Gasteiger partial charge in [-0.05, 0) is 43.0 Å². The number of carbonyl (C=O) groups is 3. The van der Waals surface area contributed by atoms with Gasteiger partial charge in [-0.2, -0.15) is 0 Å². The number of hydrogen-bond acceptors (Lipinski definition) is 4. The summed E-state index contributed by atoms with van der Waals surface area (Å²) >= 11 is 0. The number of imide groups is 1. The van der Waals surface area contributed by atoms with Gasteiger partial charge in [-0.15, -0.1) is 12.4 Å². The van der Waals surface area contributed by atoms with Crippen LogP contribution in [0, 0.1) is 11.8 Å². The van der Waals surface area contributed by atoms with Crippen LogP contribution in [0.2, 0.25) is 0 Å². The third-order valence-electron chi connectivity index (χ3n) is 4.91. The molecule has 0 radical (unpaired) electrons. The molecule has 2 fully saturated rings. The highest BCUT2D eigenvalue weighted by Gasteiger charge is 2.30. The minimum atomic E-state index is -0.300. The molecule has 1 aromatic carbocycles. The van der Waals surface area contributed by atoms with Gasteiger partial charge in [-0.3, -0.25) is 19.7 Å². The third-order valence-corrected chi connectivity index (χ3v) is 4.91. The van der Waals surface area contributed by atoms with Gasteiger partial charge in [0.2, 0.25) is 11.8 Å². The van der Waals surface area contributed by atoms with Gasteiger partial charge in [0.15, 0.2) is 0 Å². The van der Waals surface area contributed by atoms with Crippen LogP contribution in [0.25, 0.3) is 0 Å². The van der Waals surface area contributed by atoms with E-state index in [4.69, 9.17) is 0 Å². The minimum absolute atomic E-state index is 0. The van der Waals surface area contributed by atoms with Gasteiger partial charge in [-0.25, -0.2) is 0 Å². The van der Waals surface area contributed by atoms with Crippen molar-refractivity contribution in [2.75, 3.05) is 13.1 Å². The summed E-state index contributed by atoms with van der Waals surface area (Å²) in [7, 11) is 0. The van der Waals surface area contributed by atoms with Crippen molar-refractivity contribution in [1.29, 1.82) is 0 Å². The van der Waals surface area contributed by atoms with Crippen LogP contribution in [0.3, 0.4) is 0 Å². The van der Waals surface area contributed by atoms with Gasteiger partial charge < -0.3 is 10.6 Å². The summed E-state index contributed by atoms with van der Waals surface area (Å²) < 4.78 is 0. The van der Waals surface area contributed by atoms with Crippen LogP contribution in [0.15, 0.2) is 24.3 Å². The maximum atomic E-state index is 12.4. The Balaban J connectivity index is 0.00000225. The Morgan fingerprint density at radius 3 is 2.56 bits per heavy atom. The van der Waals surface area contributed by atoms with E-state index in [9.17, 15) is 14.4 Å². The standard InChI is InChI=1S/C18H23N3O3.ClH/c1-11-6-7-19-10-15(11)20-17(23)13-4-2-12(3-5-13)8-14-9-16(22)21-18(14)24;/h2-5,11,14-15,19H,6-10H2,1H3,(H,20,23)(H,21,22,24);1H. The highest BCUT2D eigenvalue weighted by Crippen LogP contribution is 2.18. The van der Waals surface area contributed by atoms with Crippen molar-refractivity contribution in [3.63, 3.8) is 0 Å². The van der Waals surface area contributed by atoms with Crippen LogP contribution in [-0.4, -0.2) is 36.9 Å². The molecule has 1 aromatic rings. The fourth-order valence-corrected chi connectivity index (χ4v) is 3.28. The van der Waals surface area contributed by atoms with Crippen LogP contribution >= 0.6 is 12.4 Å². The van der Waals surface area contributed by atoms with Crippen molar-refractivity contribution in [3.05, 3.63) is 35.4 Å². The molecular formula is C18H24ClN3O3. The predicted octanol–water partition coefficient (Wildman–Crippen LogP) is 1.04. The zero-order chi connectivity index (χ0) is 17.1. The Morgan fingerprint density at radius 2 is 1.96 bits per heavy atom. The molecule has 3 atom stereocenters. The van der Waals surface area contributed by atoms with E-state index in [1.54, 1.807) is 12.1 Å². The monoisotopic (exact) mass is 365 g/mol. The Kier molecular flexibility index (Phi) is 6.56. The van der Waals surface area contributed by atoms with Crippen molar-refractivity contribution in [2.24, 2.45) is 11.8 Å². The summed E-state index contributed by atoms with van der Waals surface area (Å²) in [4.78, 5) is 35.2. The summed E-state index contributed by atoms with van der Waals surface area (Å²) in [6.07, 6.45) is 1.82. The normalized spacial score (nSPS) is 25.9. The van der Waals surface area contributed by atoms with Crippen LogP contribution in [0.1, 0.15) is 35.7 Å². The summed E-state index contributed by atoms with van der Waals surface area (Å²) in [6, 6.07) is 7.42. The smallest absolute Gasteiger partial charge is 0.251 e. The number of halogens is 1. The fourth-order valence-electron chi connectivity index (χ4n) is 3.28. The molecule has 0 aromatic heterocycles. The van der Waals surface area contributed by atoms with E-state index >= 15 is 0 Å². The second-order valence-electron chi connectivity index (χ2n) is 6.76. The van der Waals surface area contributed by atoms with Gasteiger partial charge in [-0.1, -0.05) is 19.1 Å². The highest BCUT2D eigenvalue weighted by molar-refractivity contribution is 6.03. The molecule has 3 N–H and O–H groups in total. The van der Waals surface area contributed by atoms with Gasteiger partial charge >= 0.3 is 0 Å². The van der Waals surface area contributed by atoms with Gasteiger partial charge in [0.1, 0.15) is 0 Å². The molecule has 25 heavy (non-hydrogen) atoms. The van der Waals surface area contributed by atoms with E-state index in [2.05, 4.69) is 22.9 Å². The number of nitrogens with one attached hydrogen (secondary N) is 3. The third kappa shape index (κ3) is 4.80. The summed E-state index contributed by atoms with van der Waals surface area (Å²) in [5.74, 6) is -0.327. The molecule has 2 saturated heterocycles. The minimum Gasteiger partial charge on any atom is -0.348 e. The molecule has 0 spiro atoms. The zero-order valence-electron chi connectivity index (χ0n) is 14.2. The number of amides is 3. The van der Waals surface area contributed by atoms with Crippen molar-refractivity contribution in [3.8, 4) is 0 Å². The van der Waals surface area contributed by atoms with Crippen LogP contribution in [0.4, 0.5) is 0 Å². The molecular weight excluding hydrogens is 342 g/mol. The van der Waals surface area contributed by atoms with E-state index in [-0.39, 0.29) is 48.5 Å². The number of hydrogen-bond donors (Lipinski definition) is 3. The number of rotatable bonds is 4. The molecule has 7 heteroatoms. The lowest BCUT2D eigenvalue weighted by molar-refractivity contribution is -0.125. The van der Waals surface area contributed by atoms with Crippen molar-refractivity contribution in [1.82, 2.24) is 16.0 Å². The van der Waals surface area contributed by atoms with Gasteiger partial charge in [0.05, 0.1) is 5.92 Å². The first kappa shape index (κ1) is 19.4. The molecule has 0 aliphatic carbocycles. The maximum Gasteiger partial charge on any atom is 0.251 e. The molecule has 2 aliphatic heterocycles. The van der Waals surface area contributed by atoms with E-state index in [0.29, 0.717) is 17.9 Å². The molecule has 3 rings (SSSR count). The van der Waals surface area contributed by atoms with Crippen LogP contribution in [0.5, 0.6) is 0 Å². The first-order valence-electron chi connectivity index (χ1n) is 8.47. The molecule has 3 amide bonds. The Labute approximate surface area is 153 Å². The van der Waals surface area contributed by atoms with E-state index < -0.39 is 0 Å². The Morgan fingerprint density at radius 1 is 1.24 bits per heavy atom. The average molecular weight is 366 g/mol. The fraction of sp³-hybridized carbons (Fsp3) is 0.500. The average Bonchev–Trinajstić information content (AvgIpc) is 2.88. The highest BCUT2D eigenvalue weighted by atomic mass is 35.5. The molecule has 2 aliphatic rings. The second kappa shape index (κ2) is 8.45. The van der Waals surface area contributed by atoms with E-state index in [0.717, 1.165) is 25.1 Å². The molecule has 136 valence electrons. The largest absolute Gasteiger partial charge is 0.348 e. The molecule has 0 bridgehead atoms. The van der Waals surface area contributed by atoms with Crippen molar-refractivity contribution < 1.29 is 14.4 Å². The van der Waals surface area contributed by atoms with Crippen molar-refractivity contribution in [2.45, 2.75) is 32.2 Å². The molecule has 2 heterocycles. The first-order valence-corrected chi connectivity index (χ1v) is 8.47. The summed E-state index contributed by atoms with van der Waals surface area (Å²) in [5, 5.41) is 8.70. The molecule has 0 saturated carbocycles. The SMILES string of the molecule is CC1CCNCC1NC(=O)c1ccc(CC2CC(=O)NC2=O)cc1.Cl. The van der Waals surface area contributed by atoms with Crippen LogP contribution < -0.4 is 16.0 Å². The summed E-state index contributed by atoms with van der Waals surface area (Å²) in [5.41, 5.74) is 1.57. The lowest BCUT2D eigenvalue weighted by Gasteiger charge is -2.30. The number of piperidine rings is 1. The van der Waals surface area contributed by atoms with Gasteiger partial charge in [0, 0.05) is 24.6 Å². The predicted molar refractivity (Wildman–Crippen MR) is 96.6 cm³/mol. The second-order valence-corrected chi connectivity index (χ2v) is 6.76. The number of benzene rings is 1. The Hall–Kier alpha value is -1.92. The van der Waals surface area contributed by atoms with E-state index in [1.807, 2.05) is 12.1 Å². The lowest BCUT2D eigenvalue weighted by Crippen LogP contribution is -2.50. The maximum absolute atomic E-state index is 12.4.